The number of rotatable bonds is 2. The van der Waals surface area contributed by atoms with Crippen molar-refractivity contribution in [3.05, 3.63) is 0 Å². The molecule has 0 radical (unpaired) electrons. The van der Waals surface area contributed by atoms with Crippen molar-refractivity contribution in [3.8, 4) is 12.1 Å². The van der Waals surface area contributed by atoms with Crippen LogP contribution in [0.25, 0.3) is 0 Å². The van der Waals surface area contributed by atoms with E-state index in [1.807, 2.05) is 0 Å². The van der Waals surface area contributed by atoms with E-state index in [1.165, 1.54) is 12.8 Å². The molecule has 100 valence electrons. The predicted molar refractivity (Wildman–Crippen MR) is 73.4 cm³/mol. The topological polar surface area (TPSA) is 47.6 Å². The summed E-state index contributed by atoms with van der Waals surface area (Å²) in [5, 5.41) is 18.2. The van der Waals surface area contributed by atoms with E-state index in [-0.39, 0.29) is 5.41 Å². The third-order valence-corrected chi connectivity index (χ3v) is 5.01. The van der Waals surface area contributed by atoms with Gasteiger partial charge in [-0.15, -0.1) is 0 Å². The van der Waals surface area contributed by atoms with Crippen LogP contribution >= 0.6 is 0 Å². The summed E-state index contributed by atoms with van der Waals surface area (Å²) in [5.41, 5.74) is 0.214. The van der Waals surface area contributed by atoms with Crippen molar-refractivity contribution in [2.24, 2.45) is 28.6 Å². The van der Waals surface area contributed by atoms with Crippen molar-refractivity contribution in [3.63, 3.8) is 0 Å². The van der Waals surface area contributed by atoms with Crippen molar-refractivity contribution in [2.45, 2.75) is 60.3 Å². The van der Waals surface area contributed by atoms with Gasteiger partial charge < -0.3 is 0 Å². The lowest BCUT2D eigenvalue weighted by Gasteiger charge is -2.43. The van der Waals surface area contributed by atoms with Crippen molar-refractivity contribution in [1.82, 2.24) is 0 Å². The fourth-order valence-corrected chi connectivity index (χ4v) is 3.30. The predicted octanol–water partition coefficient (Wildman–Crippen LogP) is 4.53. The van der Waals surface area contributed by atoms with E-state index < -0.39 is 5.92 Å². The van der Waals surface area contributed by atoms with Gasteiger partial charge in [-0.3, -0.25) is 0 Å². The second-order valence-corrected chi connectivity index (χ2v) is 7.43. The van der Waals surface area contributed by atoms with Gasteiger partial charge in [0.25, 0.3) is 0 Å². The summed E-state index contributed by atoms with van der Waals surface area (Å²) in [6.45, 7) is 11.1. The molecule has 18 heavy (non-hydrogen) atoms. The van der Waals surface area contributed by atoms with Crippen molar-refractivity contribution >= 4 is 0 Å². The molecule has 0 aromatic carbocycles. The molecule has 1 rings (SSSR count). The lowest BCUT2D eigenvalue weighted by molar-refractivity contribution is 0.0754. The highest BCUT2D eigenvalue weighted by Gasteiger charge is 2.41. The van der Waals surface area contributed by atoms with Crippen LogP contribution in [-0.4, -0.2) is 0 Å². The Morgan fingerprint density at radius 3 is 1.56 bits per heavy atom. The Bertz CT molecular complexity index is 340. The normalized spacial score (nSPS) is 25.6. The fourth-order valence-electron chi connectivity index (χ4n) is 3.30. The summed E-state index contributed by atoms with van der Waals surface area (Å²) >= 11 is 0. The van der Waals surface area contributed by atoms with E-state index in [4.69, 9.17) is 10.5 Å². The van der Waals surface area contributed by atoms with Crippen LogP contribution in [0.5, 0.6) is 0 Å². The molecular weight excluding hydrogens is 220 g/mol. The maximum atomic E-state index is 9.10. The first kappa shape index (κ1) is 15.0. The molecule has 2 heteroatoms. The highest BCUT2D eigenvalue weighted by molar-refractivity contribution is 5.08. The van der Waals surface area contributed by atoms with E-state index >= 15 is 0 Å². The van der Waals surface area contributed by atoms with Crippen LogP contribution in [0.15, 0.2) is 0 Å². The van der Waals surface area contributed by atoms with Gasteiger partial charge in [-0.05, 0) is 48.3 Å². The minimum Gasteiger partial charge on any atom is -0.197 e. The molecule has 0 heterocycles. The largest absolute Gasteiger partial charge is 0.197 e. The third-order valence-electron chi connectivity index (χ3n) is 5.01. The molecule has 0 aromatic heterocycles. The van der Waals surface area contributed by atoms with Crippen LogP contribution in [0.3, 0.4) is 0 Å². The molecule has 0 spiro atoms. The minimum atomic E-state index is -0.478. The first-order chi connectivity index (χ1) is 8.23. The molecule has 1 aliphatic carbocycles. The summed E-state index contributed by atoms with van der Waals surface area (Å²) in [6.07, 6.45) is 4.80. The fraction of sp³-hybridized carbons (Fsp3) is 0.875. The summed E-state index contributed by atoms with van der Waals surface area (Å²) in [6, 6.07) is 4.34. The van der Waals surface area contributed by atoms with Crippen LogP contribution in [0.4, 0.5) is 0 Å². The number of hydrogen-bond acceptors (Lipinski definition) is 2. The molecule has 0 amide bonds. The average molecular weight is 246 g/mol. The Kier molecular flexibility index (Phi) is 4.44. The van der Waals surface area contributed by atoms with E-state index in [1.54, 1.807) is 0 Å². The van der Waals surface area contributed by atoms with Gasteiger partial charge in [0.15, 0.2) is 0 Å². The van der Waals surface area contributed by atoms with Crippen LogP contribution < -0.4 is 0 Å². The molecule has 0 saturated heterocycles. The quantitative estimate of drug-likeness (QED) is 0.718. The van der Waals surface area contributed by atoms with Gasteiger partial charge in [0, 0.05) is 0 Å². The van der Waals surface area contributed by atoms with E-state index in [0.717, 1.165) is 18.8 Å². The Morgan fingerprint density at radius 1 is 0.833 bits per heavy atom. The molecule has 0 unspecified atom stereocenters. The molecule has 1 fully saturated rings. The maximum absolute atomic E-state index is 9.10. The zero-order chi connectivity index (χ0) is 14.0. The molecule has 0 bridgehead atoms. The number of hydrogen-bond donors (Lipinski definition) is 0. The summed E-state index contributed by atoms with van der Waals surface area (Å²) in [4.78, 5) is 0. The molecule has 0 aromatic rings. The summed E-state index contributed by atoms with van der Waals surface area (Å²) in [5.74, 6) is 0.821. The highest BCUT2D eigenvalue weighted by Crippen LogP contribution is 2.47. The third kappa shape index (κ3) is 3.05. The van der Waals surface area contributed by atoms with Crippen molar-refractivity contribution in [2.75, 3.05) is 0 Å². The second kappa shape index (κ2) is 5.31. The zero-order valence-electron chi connectivity index (χ0n) is 12.5. The minimum absolute atomic E-state index is 0.174. The van der Waals surface area contributed by atoms with Crippen LogP contribution in [-0.2, 0) is 0 Å². The van der Waals surface area contributed by atoms with Gasteiger partial charge in [0.05, 0.1) is 12.1 Å². The average Bonchev–Trinajstić information content (AvgIpc) is 2.29. The molecule has 1 aliphatic rings. The Balaban J connectivity index is 2.69. The first-order valence-electron chi connectivity index (χ1n) is 7.02. The lowest BCUT2D eigenvalue weighted by atomic mass is 9.61. The molecule has 2 nitrogen and oxygen atoms in total. The van der Waals surface area contributed by atoms with Crippen LogP contribution in [0, 0.1) is 51.2 Å². The molecular formula is C16H26N2. The van der Waals surface area contributed by atoms with E-state index in [2.05, 4.69) is 46.8 Å². The van der Waals surface area contributed by atoms with Gasteiger partial charge >= 0.3 is 0 Å². The Labute approximate surface area is 112 Å². The standard InChI is InChI=1S/C16H26N2/c1-15(2,3)12-6-8-13(9-7-12)16(4,5)14(10-17)11-18/h12-14H,6-9H2,1-5H3. The van der Waals surface area contributed by atoms with Gasteiger partial charge in [0.2, 0.25) is 0 Å². The Morgan fingerprint density at radius 2 is 1.22 bits per heavy atom. The molecule has 0 aliphatic heterocycles. The van der Waals surface area contributed by atoms with E-state index in [0.29, 0.717) is 11.3 Å². The van der Waals surface area contributed by atoms with Gasteiger partial charge in [-0.25, -0.2) is 0 Å². The van der Waals surface area contributed by atoms with Crippen LogP contribution in [0.1, 0.15) is 60.3 Å². The lowest BCUT2D eigenvalue weighted by Crippen LogP contribution is -2.36. The number of nitrogens with zero attached hydrogens (tertiary/aromatic N) is 2. The van der Waals surface area contributed by atoms with Crippen molar-refractivity contribution in [1.29, 1.82) is 10.5 Å². The smallest absolute Gasteiger partial charge is 0.138 e. The zero-order valence-corrected chi connectivity index (χ0v) is 12.5. The first-order valence-corrected chi connectivity index (χ1v) is 7.02. The Hall–Kier alpha value is -1.02. The van der Waals surface area contributed by atoms with Crippen molar-refractivity contribution < 1.29 is 0 Å². The van der Waals surface area contributed by atoms with E-state index in [9.17, 15) is 0 Å². The van der Waals surface area contributed by atoms with Gasteiger partial charge in [-0.2, -0.15) is 10.5 Å². The summed E-state index contributed by atoms with van der Waals surface area (Å²) in [7, 11) is 0. The monoisotopic (exact) mass is 246 g/mol. The van der Waals surface area contributed by atoms with Gasteiger partial charge in [0.1, 0.15) is 5.92 Å². The SMILES string of the molecule is CC(C)(C)C1CCC(C(C)(C)C(C#N)C#N)CC1. The van der Waals surface area contributed by atoms with Crippen LogP contribution in [0.2, 0.25) is 0 Å². The molecule has 1 saturated carbocycles. The highest BCUT2D eigenvalue weighted by atomic mass is 14.5. The number of nitriles is 2. The van der Waals surface area contributed by atoms with Gasteiger partial charge in [-0.1, -0.05) is 34.6 Å². The summed E-state index contributed by atoms with van der Waals surface area (Å²) < 4.78 is 0. The maximum Gasteiger partial charge on any atom is 0.138 e. The molecule has 0 atom stereocenters. The molecule has 0 N–H and O–H groups in total. The second-order valence-electron chi connectivity index (χ2n) is 7.43.